The molecule has 5 rings (SSSR count). The number of aromatic nitrogens is 3. The molecule has 7 heteroatoms. The van der Waals surface area contributed by atoms with Crippen LogP contribution in [0.1, 0.15) is 16.1 Å². The van der Waals surface area contributed by atoms with E-state index in [1.807, 2.05) is 54.4 Å². The lowest BCUT2D eigenvalue weighted by molar-refractivity contribution is 0.0624. The largest absolute Gasteiger partial charge is 0.496 e. The van der Waals surface area contributed by atoms with Gasteiger partial charge >= 0.3 is 0 Å². The van der Waals surface area contributed by atoms with E-state index in [0.717, 1.165) is 42.0 Å². The Morgan fingerprint density at radius 1 is 0.939 bits per heavy atom. The van der Waals surface area contributed by atoms with Crippen LogP contribution in [0.4, 0.5) is 0 Å². The fraction of sp³-hybridized carbons (Fsp3) is 0.269. The van der Waals surface area contributed by atoms with E-state index in [9.17, 15) is 4.79 Å². The molecule has 0 atom stereocenters. The monoisotopic (exact) mass is 441 g/mol. The Kier molecular flexibility index (Phi) is 5.79. The maximum Gasteiger partial charge on any atom is 0.275 e. The van der Waals surface area contributed by atoms with Crippen molar-refractivity contribution in [3.8, 4) is 17.0 Å². The van der Waals surface area contributed by atoms with E-state index in [4.69, 9.17) is 9.72 Å². The molecule has 1 saturated heterocycles. The summed E-state index contributed by atoms with van der Waals surface area (Å²) in [6.07, 6.45) is 0. The predicted molar refractivity (Wildman–Crippen MR) is 128 cm³/mol. The molecule has 1 fully saturated rings. The highest BCUT2D eigenvalue weighted by atomic mass is 16.5. The zero-order chi connectivity index (χ0) is 22.8. The number of benzene rings is 2. The van der Waals surface area contributed by atoms with Crippen molar-refractivity contribution in [2.24, 2.45) is 7.05 Å². The third kappa shape index (κ3) is 4.19. The van der Waals surface area contributed by atoms with Crippen LogP contribution in [-0.4, -0.2) is 63.8 Å². The van der Waals surface area contributed by atoms with Crippen LogP contribution in [0.3, 0.4) is 0 Å². The van der Waals surface area contributed by atoms with Gasteiger partial charge in [0, 0.05) is 45.3 Å². The molecule has 1 amide bonds. The Morgan fingerprint density at radius 3 is 2.42 bits per heavy atom. The van der Waals surface area contributed by atoms with Crippen molar-refractivity contribution in [3.63, 3.8) is 0 Å². The number of amides is 1. The van der Waals surface area contributed by atoms with E-state index < -0.39 is 0 Å². The molecule has 2 aromatic heterocycles. The van der Waals surface area contributed by atoms with Crippen LogP contribution >= 0.6 is 0 Å². The summed E-state index contributed by atoms with van der Waals surface area (Å²) in [4.78, 5) is 22.4. The summed E-state index contributed by atoms with van der Waals surface area (Å²) in [5.74, 6) is 0.725. The quantitative estimate of drug-likeness (QED) is 0.474. The number of ether oxygens (including phenoxy) is 1. The highest BCUT2D eigenvalue weighted by Crippen LogP contribution is 2.30. The molecular weight excluding hydrogens is 414 g/mol. The number of hydrogen-bond donors (Lipinski definition) is 0. The van der Waals surface area contributed by atoms with Crippen molar-refractivity contribution in [1.82, 2.24) is 24.6 Å². The molecule has 1 aliphatic heterocycles. The van der Waals surface area contributed by atoms with Crippen molar-refractivity contribution in [1.29, 1.82) is 0 Å². The normalized spacial score (nSPS) is 14.5. The number of hydrogen-bond acceptors (Lipinski definition) is 5. The first kappa shape index (κ1) is 21.2. The van der Waals surface area contributed by atoms with Gasteiger partial charge in [-0.2, -0.15) is 5.10 Å². The summed E-state index contributed by atoms with van der Waals surface area (Å²) in [7, 11) is 3.48. The van der Waals surface area contributed by atoms with Gasteiger partial charge < -0.3 is 9.64 Å². The lowest BCUT2D eigenvalue weighted by atomic mass is 10.1. The van der Waals surface area contributed by atoms with Gasteiger partial charge in [0.1, 0.15) is 5.75 Å². The van der Waals surface area contributed by atoms with Gasteiger partial charge in [-0.3, -0.25) is 9.69 Å². The molecule has 7 nitrogen and oxygen atoms in total. The summed E-state index contributed by atoms with van der Waals surface area (Å²) < 4.78 is 7.17. The molecule has 1 aliphatic rings. The van der Waals surface area contributed by atoms with E-state index in [1.165, 1.54) is 5.56 Å². The minimum absolute atomic E-state index is 0.0354. The lowest BCUT2D eigenvalue weighted by Crippen LogP contribution is -2.48. The summed E-state index contributed by atoms with van der Waals surface area (Å²) in [6.45, 7) is 3.99. The van der Waals surface area contributed by atoms with Gasteiger partial charge in [0.2, 0.25) is 0 Å². The smallest absolute Gasteiger partial charge is 0.275 e. The second kappa shape index (κ2) is 9.03. The van der Waals surface area contributed by atoms with Crippen LogP contribution in [0.15, 0.2) is 66.7 Å². The molecule has 0 N–H and O–H groups in total. The van der Waals surface area contributed by atoms with Crippen LogP contribution in [0.25, 0.3) is 22.3 Å². The fourth-order valence-electron chi connectivity index (χ4n) is 4.40. The first-order valence-corrected chi connectivity index (χ1v) is 11.2. The highest BCUT2D eigenvalue weighted by Gasteiger charge is 2.26. The molecule has 0 unspecified atom stereocenters. The SMILES string of the molecule is COc1ccccc1-c1ccc2c(C(=O)N3CCN(Cc4ccccc4)CC3)nn(C)c2n1. The second-order valence-corrected chi connectivity index (χ2v) is 8.29. The van der Waals surface area contributed by atoms with Gasteiger partial charge in [-0.1, -0.05) is 42.5 Å². The Hall–Kier alpha value is -3.71. The van der Waals surface area contributed by atoms with E-state index >= 15 is 0 Å². The average Bonchev–Trinajstić information content (AvgIpc) is 3.20. The summed E-state index contributed by atoms with van der Waals surface area (Å²) in [5.41, 5.74) is 4.14. The molecule has 0 saturated carbocycles. The van der Waals surface area contributed by atoms with Crippen molar-refractivity contribution in [2.75, 3.05) is 33.3 Å². The molecular formula is C26H27N5O2. The van der Waals surface area contributed by atoms with Crippen LogP contribution in [0.2, 0.25) is 0 Å². The van der Waals surface area contributed by atoms with E-state index in [2.05, 4.69) is 34.3 Å². The Bertz CT molecular complexity index is 1280. The maximum atomic E-state index is 13.3. The standard InChI is InChI=1S/C26H27N5O2/c1-29-25-21(12-13-22(27-25)20-10-6-7-11-23(20)33-2)24(28-29)26(32)31-16-14-30(15-17-31)18-19-8-4-3-5-9-19/h3-13H,14-18H2,1-2H3. The van der Waals surface area contributed by atoms with Crippen molar-refractivity contribution in [3.05, 3.63) is 78.0 Å². The molecule has 0 bridgehead atoms. The second-order valence-electron chi connectivity index (χ2n) is 8.29. The third-order valence-corrected chi connectivity index (χ3v) is 6.18. The number of nitrogens with zero attached hydrogens (tertiary/aromatic N) is 5. The predicted octanol–water partition coefficient (Wildman–Crippen LogP) is 3.60. The summed E-state index contributed by atoms with van der Waals surface area (Å²) >= 11 is 0. The number of para-hydroxylation sites is 1. The molecule has 0 aliphatic carbocycles. The van der Waals surface area contributed by atoms with Gasteiger partial charge in [-0.05, 0) is 29.8 Å². The maximum absolute atomic E-state index is 13.3. The number of methoxy groups -OCH3 is 1. The first-order valence-electron chi connectivity index (χ1n) is 11.2. The number of carbonyl (C=O) groups is 1. The zero-order valence-electron chi connectivity index (χ0n) is 18.9. The number of aryl methyl sites for hydroxylation is 1. The highest BCUT2D eigenvalue weighted by molar-refractivity contribution is 6.04. The number of piperazine rings is 1. The third-order valence-electron chi connectivity index (χ3n) is 6.18. The Labute approximate surface area is 193 Å². The van der Waals surface area contributed by atoms with Gasteiger partial charge in [0.15, 0.2) is 11.3 Å². The molecule has 4 aromatic rings. The number of pyridine rings is 1. The molecule has 2 aromatic carbocycles. The van der Waals surface area contributed by atoms with Gasteiger partial charge in [0.25, 0.3) is 5.91 Å². The van der Waals surface area contributed by atoms with Crippen molar-refractivity contribution in [2.45, 2.75) is 6.54 Å². The van der Waals surface area contributed by atoms with Gasteiger partial charge in [-0.25, -0.2) is 9.67 Å². The van der Waals surface area contributed by atoms with Crippen LogP contribution in [0, 0.1) is 0 Å². The zero-order valence-corrected chi connectivity index (χ0v) is 18.9. The summed E-state index contributed by atoms with van der Waals surface area (Å²) in [6, 6.07) is 22.1. The number of rotatable bonds is 5. The lowest BCUT2D eigenvalue weighted by Gasteiger charge is -2.34. The van der Waals surface area contributed by atoms with Crippen molar-refractivity contribution < 1.29 is 9.53 Å². The van der Waals surface area contributed by atoms with Crippen molar-refractivity contribution >= 4 is 16.9 Å². The van der Waals surface area contributed by atoms with Crippen LogP contribution in [0.5, 0.6) is 5.75 Å². The minimum atomic E-state index is -0.0354. The number of carbonyl (C=O) groups excluding carboxylic acids is 1. The molecule has 33 heavy (non-hydrogen) atoms. The topological polar surface area (TPSA) is 63.5 Å². The first-order chi connectivity index (χ1) is 16.1. The van der Waals surface area contributed by atoms with E-state index in [0.29, 0.717) is 24.4 Å². The van der Waals surface area contributed by atoms with E-state index in [-0.39, 0.29) is 5.91 Å². The Morgan fingerprint density at radius 2 is 1.67 bits per heavy atom. The molecule has 168 valence electrons. The van der Waals surface area contributed by atoms with Crippen LogP contribution < -0.4 is 4.74 Å². The fourth-order valence-corrected chi connectivity index (χ4v) is 4.40. The molecule has 0 spiro atoms. The average molecular weight is 442 g/mol. The Balaban J connectivity index is 1.34. The minimum Gasteiger partial charge on any atom is -0.496 e. The molecule has 3 heterocycles. The van der Waals surface area contributed by atoms with Gasteiger partial charge in [-0.15, -0.1) is 0 Å². The molecule has 0 radical (unpaired) electrons. The summed E-state index contributed by atoms with van der Waals surface area (Å²) in [5, 5.41) is 5.32. The van der Waals surface area contributed by atoms with E-state index in [1.54, 1.807) is 11.8 Å². The number of fused-ring (bicyclic) bond motifs is 1. The van der Waals surface area contributed by atoms with Crippen LogP contribution in [-0.2, 0) is 13.6 Å². The van der Waals surface area contributed by atoms with Gasteiger partial charge in [0.05, 0.1) is 18.2 Å².